The Bertz CT molecular complexity index is 187. The number of nitrogens with zero attached hydrogens (tertiary/aromatic N) is 1. The Balaban J connectivity index is 2.21. The first kappa shape index (κ1) is 10.5. The molecule has 0 spiro atoms. The lowest BCUT2D eigenvalue weighted by atomic mass is 10.1. The summed E-state index contributed by atoms with van der Waals surface area (Å²) >= 11 is 0. The van der Waals surface area contributed by atoms with Crippen LogP contribution in [0.25, 0.3) is 0 Å². The highest BCUT2D eigenvalue weighted by molar-refractivity contribution is 5.73. The molecule has 0 fully saturated rings. The molecule has 74 valence electrons. The SMILES string of the molecule is CCCCCN1CCC=C(C=O)C1. The van der Waals surface area contributed by atoms with Crippen LogP contribution in [-0.4, -0.2) is 30.8 Å². The molecule has 0 saturated heterocycles. The molecule has 0 aromatic carbocycles. The van der Waals surface area contributed by atoms with E-state index in [2.05, 4.69) is 17.9 Å². The summed E-state index contributed by atoms with van der Waals surface area (Å²) in [5.74, 6) is 0. The normalized spacial score (nSPS) is 18.4. The standard InChI is InChI=1S/C11H19NO/c1-2-3-4-7-12-8-5-6-11(9-12)10-13/h6,10H,2-5,7-9H2,1H3. The van der Waals surface area contributed by atoms with E-state index in [0.717, 1.165) is 37.9 Å². The van der Waals surface area contributed by atoms with Gasteiger partial charge < -0.3 is 0 Å². The fourth-order valence-electron chi connectivity index (χ4n) is 1.70. The minimum Gasteiger partial charge on any atom is -0.299 e. The van der Waals surface area contributed by atoms with Crippen LogP contribution in [0.1, 0.15) is 32.6 Å². The third-order valence-corrected chi connectivity index (χ3v) is 2.49. The molecule has 2 nitrogen and oxygen atoms in total. The summed E-state index contributed by atoms with van der Waals surface area (Å²) in [5.41, 5.74) is 0.961. The largest absolute Gasteiger partial charge is 0.299 e. The van der Waals surface area contributed by atoms with Crippen molar-refractivity contribution < 1.29 is 4.79 Å². The predicted octanol–water partition coefficient (Wildman–Crippen LogP) is 2.01. The number of unbranched alkanes of at least 4 members (excludes halogenated alkanes) is 2. The average Bonchev–Trinajstić information content (AvgIpc) is 2.19. The molecule has 0 saturated carbocycles. The van der Waals surface area contributed by atoms with Gasteiger partial charge in [0, 0.05) is 18.7 Å². The summed E-state index contributed by atoms with van der Waals surface area (Å²) in [5, 5.41) is 0. The van der Waals surface area contributed by atoms with Crippen LogP contribution in [0.15, 0.2) is 11.6 Å². The number of carbonyl (C=O) groups excluding carboxylic acids is 1. The highest BCUT2D eigenvalue weighted by atomic mass is 16.1. The summed E-state index contributed by atoms with van der Waals surface area (Å²) in [4.78, 5) is 12.9. The highest BCUT2D eigenvalue weighted by Crippen LogP contribution is 2.08. The van der Waals surface area contributed by atoms with Gasteiger partial charge in [0.2, 0.25) is 0 Å². The Labute approximate surface area is 80.6 Å². The van der Waals surface area contributed by atoms with Crippen molar-refractivity contribution in [2.75, 3.05) is 19.6 Å². The van der Waals surface area contributed by atoms with Crippen LogP contribution in [0.5, 0.6) is 0 Å². The monoisotopic (exact) mass is 181 g/mol. The van der Waals surface area contributed by atoms with Gasteiger partial charge in [0.1, 0.15) is 6.29 Å². The van der Waals surface area contributed by atoms with Crippen molar-refractivity contribution in [2.24, 2.45) is 0 Å². The summed E-state index contributed by atoms with van der Waals surface area (Å²) in [7, 11) is 0. The van der Waals surface area contributed by atoms with Crippen molar-refractivity contribution >= 4 is 6.29 Å². The number of rotatable bonds is 5. The Morgan fingerprint density at radius 3 is 3.08 bits per heavy atom. The van der Waals surface area contributed by atoms with Gasteiger partial charge >= 0.3 is 0 Å². The summed E-state index contributed by atoms with van der Waals surface area (Å²) in [6.45, 7) is 5.36. The first-order valence-corrected chi connectivity index (χ1v) is 5.23. The summed E-state index contributed by atoms with van der Waals surface area (Å²) in [6, 6.07) is 0. The zero-order valence-electron chi connectivity index (χ0n) is 8.46. The van der Waals surface area contributed by atoms with Crippen molar-refractivity contribution in [3.8, 4) is 0 Å². The van der Waals surface area contributed by atoms with E-state index in [-0.39, 0.29) is 0 Å². The maximum atomic E-state index is 10.5. The first-order valence-electron chi connectivity index (χ1n) is 5.23. The second-order valence-corrected chi connectivity index (χ2v) is 3.67. The Morgan fingerprint density at radius 2 is 2.38 bits per heavy atom. The Kier molecular flexibility index (Phi) is 4.76. The summed E-state index contributed by atoms with van der Waals surface area (Å²) in [6.07, 6.45) is 7.93. The minimum absolute atomic E-state index is 0.868. The van der Waals surface area contributed by atoms with Gasteiger partial charge in [-0.2, -0.15) is 0 Å². The zero-order valence-corrected chi connectivity index (χ0v) is 8.46. The maximum Gasteiger partial charge on any atom is 0.147 e. The van der Waals surface area contributed by atoms with Crippen LogP contribution in [-0.2, 0) is 4.79 Å². The second kappa shape index (κ2) is 5.92. The number of carbonyl (C=O) groups is 1. The van der Waals surface area contributed by atoms with Crippen LogP contribution in [0.2, 0.25) is 0 Å². The van der Waals surface area contributed by atoms with Crippen molar-refractivity contribution in [3.63, 3.8) is 0 Å². The van der Waals surface area contributed by atoms with Gasteiger partial charge in [-0.15, -0.1) is 0 Å². The van der Waals surface area contributed by atoms with E-state index < -0.39 is 0 Å². The molecule has 1 aliphatic heterocycles. The van der Waals surface area contributed by atoms with Gasteiger partial charge in [-0.3, -0.25) is 9.69 Å². The molecule has 1 heterocycles. The van der Waals surface area contributed by atoms with Gasteiger partial charge in [0.15, 0.2) is 0 Å². The van der Waals surface area contributed by atoms with E-state index in [1.54, 1.807) is 0 Å². The van der Waals surface area contributed by atoms with Gasteiger partial charge in [0.05, 0.1) is 0 Å². The molecule has 1 aliphatic rings. The van der Waals surface area contributed by atoms with E-state index in [1.807, 2.05) is 0 Å². The van der Waals surface area contributed by atoms with Gasteiger partial charge in [0.25, 0.3) is 0 Å². The van der Waals surface area contributed by atoms with Crippen LogP contribution in [0.3, 0.4) is 0 Å². The van der Waals surface area contributed by atoms with Crippen molar-refractivity contribution in [2.45, 2.75) is 32.6 Å². The molecule has 1 rings (SSSR count). The molecule has 0 atom stereocenters. The molecule has 13 heavy (non-hydrogen) atoms. The molecule has 0 aromatic rings. The minimum atomic E-state index is 0.868. The van der Waals surface area contributed by atoms with Crippen LogP contribution in [0, 0.1) is 0 Å². The molecule has 0 bridgehead atoms. The zero-order chi connectivity index (χ0) is 9.52. The third-order valence-electron chi connectivity index (χ3n) is 2.49. The van der Waals surface area contributed by atoms with Gasteiger partial charge in [-0.05, 0) is 19.4 Å². The third kappa shape index (κ3) is 3.73. The smallest absolute Gasteiger partial charge is 0.147 e. The second-order valence-electron chi connectivity index (χ2n) is 3.67. The lowest BCUT2D eigenvalue weighted by Gasteiger charge is -2.25. The fraction of sp³-hybridized carbons (Fsp3) is 0.727. The molecule has 0 aliphatic carbocycles. The van der Waals surface area contributed by atoms with E-state index >= 15 is 0 Å². The Morgan fingerprint density at radius 1 is 1.54 bits per heavy atom. The lowest BCUT2D eigenvalue weighted by molar-refractivity contribution is -0.105. The molecule has 0 radical (unpaired) electrons. The van der Waals surface area contributed by atoms with E-state index in [0.29, 0.717) is 0 Å². The molecule has 2 heteroatoms. The van der Waals surface area contributed by atoms with Gasteiger partial charge in [-0.25, -0.2) is 0 Å². The molecule has 0 aromatic heterocycles. The topological polar surface area (TPSA) is 20.3 Å². The van der Waals surface area contributed by atoms with Crippen molar-refractivity contribution in [1.82, 2.24) is 4.90 Å². The number of aldehydes is 1. The first-order chi connectivity index (χ1) is 6.36. The van der Waals surface area contributed by atoms with Crippen molar-refractivity contribution in [3.05, 3.63) is 11.6 Å². The van der Waals surface area contributed by atoms with Crippen LogP contribution in [0.4, 0.5) is 0 Å². The molecule has 0 N–H and O–H groups in total. The van der Waals surface area contributed by atoms with Crippen molar-refractivity contribution in [1.29, 1.82) is 0 Å². The van der Waals surface area contributed by atoms with E-state index in [4.69, 9.17) is 0 Å². The summed E-state index contributed by atoms with van der Waals surface area (Å²) < 4.78 is 0. The molecule has 0 unspecified atom stereocenters. The maximum absolute atomic E-state index is 10.5. The molecule has 0 amide bonds. The molecular formula is C11H19NO. The van der Waals surface area contributed by atoms with E-state index in [1.165, 1.54) is 19.3 Å². The Hall–Kier alpha value is -0.630. The quantitative estimate of drug-likeness (QED) is 0.477. The number of hydrogen-bond donors (Lipinski definition) is 0. The molecular weight excluding hydrogens is 162 g/mol. The van der Waals surface area contributed by atoms with Crippen LogP contribution >= 0.6 is 0 Å². The van der Waals surface area contributed by atoms with Crippen LogP contribution < -0.4 is 0 Å². The average molecular weight is 181 g/mol. The lowest BCUT2D eigenvalue weighted by Crippen LogP contribution is -2.31. The fourth-order valence-corrected chi connectivity index (χ4v) is 1.70. The number of hydrogen-bond acceptors (Lipinski definition) is 2. The van der Waals surface area contributed by atoms with Gasteiger partial charge in [-0.1, -0.05) is 25.8 Å². The van der Waals surface area contributed by atoms with E-state index in [9.17, 15) is 4.79 Å². The highest BCUT2D eigenvalue weighted by Gasteiger charge is 2.10. The predicted molar refractivity (Wildman–Crippen MR) is 54.7 cm³/mol.